The maximum absolute atomic E-state index is 11.0. The number of halogens is 1. The minimum atomic E-state index is -1.19. The molecule has 6 nitrogen and oxygen atoms in total. The lowest BCUT2D eigenvalue weighted by Crippen LogP contribution is -2.04. The molecule has 2 N–H and O–H groups in total. The van der Waals surface area contributed by atoms with Gasteiger partial charge >= 0.3 is 5.97 Å². The minimum Gasteiger partial charge on any atom is -0.478 e. The molecular weight excluding hydrogens is 348 g/mol. The minimum absolute atomic E-state index is 0.110. The summed E-state index contributed by atoms with van der Waals surface area (Å²) < 4.78 is 0.954. The van der Waals surface area contributed by atoms with E-state index in [-0.39, 0.29) is 11.3 Å². The van der Waals surface area contributed by atoms with E-state index in [0.717, 1.165) is 15.4 Å². The van der Waals surface area contributed by atoms with Gasteiger partial charge in [-0.1, -0.05) is 0 Å². The summed E-state index contributed by atoms with van der Waals surface area (Å²) >= 11 is 4.85. The number of nitro benzene ring substituents is 1. The summed E-state index contributed by atoms with van der Waals surface area (Å²) in [7, 11) is 0. The van der Waals surface area contributed by atoms with Gasteiger partial charge in [0.2, 0.25) is 0 Å². The Labute approximate surface area is 126 Å². The van der Waals surface area contributed by atoms with Crippen molar-refractivity contribution in [3.8, 4) is 0 Å². The molecule has 1 aromatic carbocycles. The van der Waals surface area contributed by atoms with Crippen LogP contribution in [0.4, 0.5) is 11.4 Å². The Morgan fingerprint density at radius 2 is 2.20 bits per heavy atom. The van der Waals surface area contributed by atoms with Crippen LogP contribution in [0.3, 0.4) is 0 Å². The van der Waals surface area contributed by atoms with Crippen molar-refractivity contribution in [2.45, 2.75) is 6.54 Å². The highest BCUT2D eigenvalue weighted by Crippen LogP contribution is 2.27. The molecular formula is C12H9BrN2O4S. The highest BCUT2D eigenvalue weighted by Gasteiger charge is 2.17. The molecule has 2 rings (SSSR count). The largest absolute Gasteiger partial charge is 0.478 e. The number of hydrogen-bond acceptors (Lipinski definition) is 5. The molecule has 104 valence electrons. The number of nitrogens with one attached hydrogen (secondary N) is 1. The molecule has 0 aliphatic heterocycles. The van der Waals surface area contributed by atoms with Crippen molar-refractivity contribution in [2.24, 2.45) is 0 Å². The summed E-state index contributed by atoms with van der Waals surface area (Å²) in [5.74, 6) is -1.19. The van der Waals surface area contributed by atoms with Crippen LogP contribution in [0.15, 0.2) is 34.1 Å². The monoisotopic (exact) mass is 356 g/mol. The molecule has 0 radical (unpaired) electrons. The number of carboxylic acids is 1. The second-order valence-electron chi connectivity index (χ2n) is 3.88. The number of hydrogen-bond donors (Lipinski definition) is 2. The van der Waals surface area contributed by atoms with E-state index in [9.17, 15) is 14.9 Å². The number of benzene rings is 1. The molecule has 20 heavy (non-hydrogen) atoms. The van der Waals surface area contributed by atoms with Gasteiger partial charge in [0.1, 0.15) is 5.69 Å². The van der Waals surface area contributed by atoms with Crippen LogP contribution in [0, 0.1) is 10.1 Å². The van der Waals surface area contributed by atoms with E-state index in [4.69, 9.17) is 5.11 Å². The summed E-state index contributed by atoms with van der Waals surface area (Å²) in [6.45, 7) is 0.434. The van der Waals surface area contributed by atoms with Crippen molar-refractivity contribution in [3.63, 3.8) is 0 Å². The second-order valence-corrected chi connectivity index (χ2v) is 5.79. The van der Waals surface area contributed by atoms with Gasteiger partial charge in [0, 0.05) is 27.3 Å². The average Bonchev–Trinajstić information content (AvgIpc) is 2.81. The maximum Gasteiger partial charge on any atom is 0.335 e. The Bertz CT molecular complexity index is 671. The van der Waals surface area contributed by atoms with Crippen LogP contribution in [0.2, 0.25) is 0 Å². The van der Waals surface area contributed by atoms with Crippen molar-refractivity contribution < 1.29 is 14.8 Å². The van der Waals surface area contributed by atoms with Gasteiger partial charge < -0.3 is 10.4 Å². The number of anilines is 1. The van der Waals surface area contributed by atoms with Crippen molar-refractivity contribution >= 4 is 44.6 Å². The first-order valence-corrected chi connectivity index (χ1v) is 7.13. The Balaban J connectivity index is 2.22. The fraction of sp³-hybridized carbons (Fsp3) is 0.0833. The van der Waals surface area contributed by atoms with E-state index in [0.29, 0.717) is 12.2 Å². The predicted octanol–water partition coefficient (Wildman–Crippen LogP) is 3.73. The Kier molecular flexibility index (Phi) is 4.35. The molecule has 0 atom stereocenters. The second kappa shape index (κ2) is 6.02. The van der Waals surface area contributed by atoms with Crippen LogP contribution in [-0.2, 0) is 6.54 Å². The summed E-state index contributed by atoms with van der Waals surface area (Å²) in [6, 6.07) is 5.70. The SMILES string of the molecule is O=C(O)c1ccc(NCc2cc(Br)cs2)c([N+](=O)[O-])c1. The lowest BCUT2D eigenvalue weighted by Gasteiger charge is -2.06. The number of aromatic carboxylic acids is 1. The number of rotatable bonds is 5. The van der Waals surface area contributed by atoms with Gasteiger partial charge in [-0.05, 0) is 34.1 Å². The Hall–Kier alpha value is -1.93. The molecule has 0 unspecified atom stereocenters. The number of carbonyl (C=O) groups is 1. The third-order valence-corrected chi connectivity index (χ3v) is 4.21. The number of nitrogens with zero attached hydrogens (tertiary/aromatic N) is 1. The third-order valence-electron chi connectivity index (χ3n) is 2.52. The van der Waals surface area contributed by atoms with Gasteiger partial charge in [-0.25, -0.2) is 4.79 Å². The molecule has 0 bridgehead atoms. The van der Waals surface area contributed by atoms with Gasteiger partial charge in [-0.2, -0.15) is 0 Å². The summed E-state index contributed by atoms with van der Waals surface area (Å²) in [6.07, 6.45) is 0. The lowest BCUT2D eigenvalue weighted by atomic mass is 10.1. The first-order chi connectivity index (χ1) is 9.47. The van der Waals surface area contributed by atoms with E-state index in [2.05, 4.69) is 21.2 Å². The fourth-order valence-corrected chi connectivity index (χ4v) is 2.98. The van der Waals surface area contributed by atoms with E-state index in [1.165, 1.54) is 23.5 Å². The molecule has 0 fully saturated rings. The van der Waals surface area contributed by atoms with Crippen LogP contribution in [0.1, 0.15) is 15.2 Å². The third kappa shape index (κ3) is 3.34. The Morgan fingerprint density at radius 3 is 2.75 bits per heavy atom. The molecule has 0 saturated heterocycles. The number of carboxylic acid groups (broad SMARTS) is 1. The van der Waals surface area contributed by atoms with Gasteiger partial charge in [0.15, 0.2) is 0 Å². The Morgan fingerprint density at radius 1 is 1.45 bits per heavy atom. The van der Waals surface area contributed by atoms with Crippen LogP contribution in [0.5, 0.6) is 0 Å². The zero-order valence-corrected chi connectivity index (χ0v) is 12.4. The highest BCUT2D eigenvalue weighted by molar-refractivity contribution is 9.10. The molecule has 0 aliphatic carbocycles. The maximum atomic E-state index is 11.0. The molecule has 0 aliphatic rings. The summed E-state index contributed by atoms with van der Waals surface area (Å²) in [5.41, 5.74) is -0.0637. The molecule has 1 heterocycles. The van der Waals surface area contributed by atoms with E-state index in [1.807, 2.05) is 11.4 Å². The van der Waals surface area contributed by atoms with Crippen molar-refractivity contribution in [1.29, 1.82) is 0 Å². The number of nitro groups is 1. The zero-order valence-electron chi connectivity index (χ0n) is 10.00. The average molecular weight is 357 g/mol. The molecule has 2 aromatic rings. The smallest absolute Gasteiger partial charge is 0.335 e. The van der Waals surface area contributed by atoms with Gasteiger partial charge in [-0.3, -0.25) is 10.1 Å². The van der Waals surface area contributed by atoms with E-state index < -0.39 is 10.9 Å². The first-order valence-electron chi connectivity index (χ1n) is 5.46. The normalized spacial score (nSPS) is 10.2. The molecule has 1 aromatic heterocycles. The quantitative estimate of drug-likeness (QED) is 0.628. The van der Waals surface area contributed by atoms with Crippen LogP contribution in [-0.4, -0.2) is 16.0 Å². The highest BCUT2D eigenvalue weighted by atomic mass is 79.9. The summed E-state index contributed by atoms with van der Waals surface area (Å²) in [4.78, 5) is 22.2. The zero-order chi connectivity index (χ0) is 14.7. The lowest BCUT2D eigenvalue weighted by molar-refractivity contribution is -0.384. The van der Waals surface area contributed by atoms with Crippen molar-refractivity contribution in [1.82, 2.24) is 0 Å². The molecule has 0 saturated carbocycles. The topological polar surface area (TPSA) is 92.5 Å². The fourth-order valence-electron chi connectivity index (χ4n) is 1.59. The van der Waals surface area contributed by atoms with Crippen LogP contribution >= 0.6 is 27.3 Å². The van der Waals surface area contributed by atoms with Crippen LogP contribution < -0.4 is 5.32 Å². The van der Waals surface area contributed by atoms with Crippen molar-refractivity contribution in [2.75, 3.05) is 5.32 Å². The molecule has 0 amide bonds. The molecule has 0 spiro atoms. The van der Waals surface area contributed by atoms with Gasteiger partial charge in [0.25, 0.3) is 5.69 Å². The summed E-state index contributed by atoms with van der Waals surface area (Å²) in [5, 5.41) is 24.7. The predicted molar refractivity (Wildman–Crippen MR) is 79.4 cm³/mol. The van der Waals surface area contributed by atoms with Gasteiger partial charge in [-0.15, -0.1) is 11.3 Å². The number of thiophene rings is 1. The van der Waals surface area contributed by atoms with Crippen molar-refractivity contribution in [3.05, 3.63) is 54.7 Å². The molecule has 8 heteroatoms. The first kappa shape index (κ1) is 14.5. The standard InChI is InChI=1S/C12H9BrN2O4S/c13-8-4-9(20-6-8)5-14-10-2-1-7(12(16)17)3-11(10)15(18)19/h1-4,6,14H,5H2,(H,16,17). The van der Waals surface area contributed by atoms with Crippen LogP contribution in [0.25, 0.3) is 0 Å². The van der Waals surface area contributed by atoms with Gasteiger partial charge in [0.05, 0.1) is 10.5 Å². The van der Waals surface area contributed by atoms with E-state index in [1.54, 1.807) is 0 Å². The van der Waals surface area contributed by atoms with E-state index >= 15 is 0 Å².